The van der Waals surface area contributed by atoms with Crippen molar-refractivity contribution in [3.63, 3.8) is 0 Å². The zero-order chi connectivity index (χ0) is 37.6. The number of likely N-dealkylation sites (tertiary alicyclic amines) is 2. The summed E-state index contributed by atoms with van der Waals surface area (Å²) in [6.07, 6.45) is 5.05. The Morgan fingerprint density at radius 2 is 1.60 bits per heavy atom. The third-order valence-corrected chi connectivity index (χ3v) is 11.5. The molecule has 0 aromatic rings. The number of urea groups is 1. The van der Waals surface area contributed by atoms with Gasteiger partial charge in [-0.25, -0.2) is 4.79 Å². The fourth-order valence-corrected chi connectivity index (χ4v) is 7.67. The molecule has 2 aliphatic heterocycles. The van der Waals surface area contributed by atoms with Crippen molar-refractivity contribution in [2.75, 3.05) is 26.2 Å². The predicted molar refractivity (Wildman–Crippen MR) is 191 cm³/mol. The number of nitrogens with zero attached hydrogens (tertiary/aromatic N) is 2. The molecular weight excluding hydrogens is 636 g/mol. The summed E-state index contributed by atoms with van der Waals surface area (Å²) in [5.74, 6) is -2.01. The van der Waals surface area contributed by atoms with Crippen molar-refractivity contribution in [1.29, 1.82) is 0 Å². The van der Waals surface area contributed by atoms with Crippen LogP contribution >= 0.6 is 0 Å². The van der Waals surface area contributed by atoms with E-state index in [0.29, 0.717) is 32.5 Å². The third kappa shape index (κ3) is 9.07. The van der Waals surface area contributed by atoms with Gasteiger partial charge in [0.05, 0.1) is 12.1 Å². The highest BCUT2D eigenvalue weighted by Gasteiger charge is 2.70. The van der Waals surface area contributed by atoms with Crippen LogP contribution in [0.3, 0.4) is 0 Å². The van der Waals surface area contributed by atoms with Crippen LogP contribution in [0.1, 0.15) is 101 Å². The molecule has 0 spiro atoms. The minimum atomic E-state index is -0.993. The normalized spacial score (nSPS) is 25.8. The molecule has 12 heteroatoms. The van der Waals surface area contributed by atoms with Crippen molar-refractivity contribution in [3.05, 3.63) is 12.7 Å². The maximum absolute atomic E-state index is 14.5. The van der Waals surface area contributed by atoms with Gasteiger partial charge in [-0.2, -0.15) is 0 Å². The summed E-state index contributed by atoms with van der Waals surface area (Å²) in [7, 11) is 0. The average molecular weight is 699 g/mol. The van der Waals surface area contributed by atoms with Gasteiger partial charge in [-0.05, 0) is 52.3 Å². The number of amides is 6. The molecule has 50 heavy (non-hydrogen) atoms. The largest absolute Gasteiger partial charge is 0.346 e. The van der Waals surface area contributed by atoms with Crippen molar-refractivity contribution in [3.8, 4) is 0 Å². The van der Waals surface area contributed by atoms with E-state index in [1.165, 1.54) is 6.08 Å². The second-order valence-corrected chi connectivity index (χ2v) is 18.8. The van der Waals surface area contributed by atoms with Crippen molar-refractivity contribution in [2.24, 2.45) is 39.4 Å². The minimum absolute atomic E-state index is 0.0518. The number of fused-ring (bicyclic) bond motifs is 1. The van der Waals surface area contributed by atoms with Gasteiger partial charge in [0, 0.05) is 32.6 Å². The van der Waals surface area contributed by atoms with E-state index in [1.807, 2.05) is 46.4 Å². The van der Waals surface area contributed by atoms with Crippen LogP contribution in [0.4, 0.5) is 4.79 Å². The second kappa shape index (κ2) is 14.3. The Bertz CT molecular complexity index is 1370. The standard InChI is InChI=1S/C38H62N6O6/c1-12-16-39-32(48)29(46)24(18-22-13-14-22)40-31(47)28-27-23(38(27,10)11)20-44(28)33(49)30(36(5,6)7)42-34(50)41-25(35(2,3)4)21-43-17-15-37(8,9)19-26(43)45/h12,22-25,27-28,30H,1,13-21H2,2-11H3,(H,39,48)(H,40,47)(H2,41,42,50)/t23-,24?,25-,27-,28-,30+/m0/s1. The molecule has 12 nitrogen and oxygen atoms in total. The quantitative estimate of drug-likeness (QED) is 0.171. The first kappa shape index (κ1) is 39.3. The van der Waals surface area contributed by atoms with Gasteiger partial charge < -0.3 is 31.1 Å². The van der Waals surface area contributed by atoms with Crippen LogP contribution in [0.5, 0.6) is 0 Å². The van der Waals surface area contributed by atoms with E-state index in [-0.39, 0.29) is 58.4 Å². The number of hydrogen-bond donors (Lipinski definition) is 4. The highest BCUT2D eigenvalue weighted by atomic mass is 16.2. The number of hydrogen-bond acceptors (Lipinski definition) is 6. The maximum atomic E-state index is 14.5. The Balaban J connectivity index is 1.51. The molecule has 4 N–H and O–H groups in total. The number of carbonyl (C=O) groups excluding carboxylic acids is 6. The first-order chi connectivity index (χ1) is 23.0. The van der Waals surface area contributed by atoms with E-state index < -0.39 is 47.2 Å². The molecular formula is C38H62N6O6. The van der Waals surface area contributed by atoms with Gasteiger partial charge in [0.1, 0.15) is 12.1 Å². The number of Topliss-reactive ketones (excluding diaryl/α,β-unsaturated/α-hetero) is 1. The minimum Gasteiger partial charge on any atom is -0.346 e. The molecule has 2 heterocycles. The number of piperidine rings is 2. The number of carbonyl (C=O) groups is 6. The second-order valence-electron chi connectivity index (χ2n) is 18.8. The summed E-state index contributed by atoms with van der Waals surface area (Å²) in [5, 5.41) is 11.4. The monoisotopic (exact) mass is 698 g/mol. The van der Waals surface area contributed by atoms with Crippen LogP contribution in [0.2, 0.25) is 0 Å². The van der Waals surface area contributed by atoms with E-state index in [0.717, 1.165) is 19.3 Å². The van der Waals surface area contributed by atoms with Gasteiger partial charge in [-0.3, -0.25) is 24.0 Å². The molecule has 280 valence electrons. The first-order valence-corrected chi connectivity index (χ1v) is 18.4. The Kier molecular flexibility index (Phi) is 11.2. The van der Waals surface area contributed by atoms with Gasteiger partial charge in [-0.1, -0.05) is 88.2 Å². The molecule has 1 unspecified atom stereocenters. The Hall–Kier alpha value is -3.44. The Morgan fingerprint density at radius 1 is 0.960 bits per heavy atom. The van der Waals surface area contributed by atoms with Crippen LogP contribution in [0, 0.1) is 39.4 Å². The highest BCUT2D eigenvalue weighted by molar-refractivity contribution is 6.38. The lowest BCUT2D eigenvalue weighted by Crippen LogP contribution is -2.63. The molecule has 0 bridgehead atoms. The lowest BCUT2D eigenvalue weighted by molar-refractivity contribution is -0.145. The van der Waals surface area contributed by atoms with E-state index >= 15 is 0 Å². The molecule has 4 rings (SSSR count). The van der Waals surface area contributed by atoms with Crippen molar-refractivity contribution >= 4 is 35.4 Å². The van der Waals surface area contributed by atoms with Crippen LogP contribution < -0.4 is 21.3 Å². The number of rotatable bonds is 13. The fraction of sp³-hybridized carbons (Fsp3) is 0.789. The van der Waals surface area contributed by atoms with Crippen LogP contribution in [0.15, 0.2) is 12.7 Å². The molecule has 2 aliphatic carbocycles. The van der Waals surface area contributed by atoms with Gasteiger partial charge >= 0.3 is 6.03 Å². The zero-order valence-electron chi connectivity index (χ0n) is 32.0. The van der Waals surface area contributed by atoms with Crippen molar-refractivity contribution < 1.29 is 28.8 Å². The summed E-state index contributed by atoms with van der Waals surface area (Å²) < 4.78 is 0. The molecule has 2 saturated carbocycles. The van der Waals surface area contributed by atoms with Gasteiger partial charge in [-0.15, -0.1) is 6.58 Å². The van der Waals surface area contributed by atoms with Crippen LogP contribution in [-0.4, -0.2) is 95.6 Å². The van der Waals surface area contributed by atoms with E-state index in [1.54, 1.807) is 4.90 Å². The van der Waals surface area contributed by atoms with Gasteiger partial charge in [0.25, 0.3) is 5.91 Å². The number of ketones is 1. The summed E-state index contributed by atoms with van der Waals surface area (Å²) in [6.45, 7) is 25.0. The molecule has 0 radical (unpaired) electrons. The molecule has 4 fully saturated rings. The fourth-order valence-electron chi connectivity index (χ4n) is 7.67. The maximum Gasteiger partial charge on any atom is 0.315 e. The lowest BCUT2D eigenvalue weighted by atomic mass is 9.81. The molecule has 2 saturated heterocycles. The summed E-state index contributed by atoms with van der Waals surface area (Å²) >= 11 is 0. The van der Waals surface area contributed by atoms with Gasteiger partial charge in [0.15, 0.2) is 0 Å². The van der Waals surface area contributed by atoms with Crippen molar-refractivity contribution in [1.82, 2.24) is 31.1 Å². The molecule has 0 aromatic heterocycles. The summed E-state index contributed by atoms with van der Waals surface area (Å²) in [5.41, 5.74) is -1.33. The predicted octanol–water partition coefficient (Wildman–Crippen LogP) is 3.40. The lowest BCUT2D eigenvalue weighted by Gasteiger charge is -2.41. The third-order valence-electron chi connectivity index (χ3n) is 11.5. The zero-order valence-corrected chi connectivity index (χ0v) is 32.0. The smallest absolute Gasteiger partial charge is 0.315 e. The van der Waals surface area contributed by atoms with E-state index in [2.05, 4.69) is 55.5 Å². The molecule has 0 aromatic carbocycles. The van der Waals surface area contributed by atoms with E-state index in [9.17, 15) is 28.8 Å². The van der Waals surface area contributed by atoms with Crippen molar-refractivity contribution in [2.45, 2.75) is 126 Å². The first-order valence-electron chi connectivity index (χ1n) is 18.4. The SMILES string of the molecule is C=CCNC(=O)C(=O)C(CC1CC1)NC(=O)[C@@H]1[C@@H]2[C@H](CN1C(=O)[C@@H](NC(=O)N[C@@H](CN1CCC(C)(C)CC1=O)C(C)(C)C)C(C)(C)C)C2(C)C. The summed E-state index contributed by atoms with van der Waals surface area (Å²) in [4.78, 5) is 84.4. The Labute approximate surface area is 298 Å². The molecule has 6 amide bonds. The Morgan fingerprint density at radius 3 is 2.14 bits per heavy atom. The van der Waals surface area contributed by atoms with Crippen LogP contribution in [0.25, 0.3) is 0 Å². The highest BCUT2D eigenvalue weighted by Crippen LogP contribution is 2.65. The van der Waals surface area contributed by atoms with Gasteiger partial charge in [0.2, 0.25) is 23.5 Å². The topological polar surface area (TPSA) is 157 Å². The molecule has 6 atom stereocenters. The average Bonchev–Trinajstić information content (AvgIpc) is 3.84. The summed E-state index contributed by atoms with van der Waals surface area (Å²) in [6, 6.07) is -3.71. The number of nitrogens with one attached hydrogen (secondary N) is 4. The molecule has 4 aliphatic rings. The van der Waals surface area contributed by atoms with Crippen LogP contribution in [-0.2, 0) is 24.0 Å². The van der Waals surface area contributed by atoms with E-state index in [4.69, 9.17) is 0 Å².